The standard InChI is InChI=1S/C18H12Cl2N4O/c1-24-9-11(7-23-24)10-4-14-15(8-22-18(14)21-6-10)17(25)13-3-2-12(19)5-16(13)20/h2-9H,1H3,(H,21,22). The molecule has 0 bridgehead atoms. The van der Waals surface area contributed by atoms with Gasteiger partial charge in [-0.2, -0.15) is 5.10 Å². The minimum Gasteiger partial charge on any atom is -0.345 e. The van der Waals surface area contributed by atoms with Crippen molar-refractivity contribution in [3.63, 3.8) is 0 Å². The summed E-state index contributed by atoms with van der Waals surface area (Å²) in [4.78, 5) is 20.3. The van der Waals surface area contributed by atoms with Gasteiger partial charge in [-0.15, -0.1) is 0 Å². The molecule has 0 unspecified atom stereocenters. The molecule has 4 aromatic rings. The molecular formula is C18H12Cl2N4O. The molecule has 124 valence electrons. The van der Waals surface area contributed by atoms with E-state index < -0.39 is 0 Å². The van der Waals surface area contributed by atoms with E-state index in [1.807, 2.05) is 19.3 Å². The third-order valence-corrected chi connectivity index (χ3v) is 4.54. The van der Waals surface area contributed by atoms with Gasteiger partial charge in [-0.1, -0.05) is 23.2 Å². The number of hydrogen-bond donors (Lipinski definition) is 1. The number of pyridine rings is 1. The van der Waals surface area contributed by atoms with Gasteiger partial charge in [0.05, 0.1) is 11.2 Å². The monoisotopic (exact) mass is 370 g/mol. The predicted octanol–water partition coefficient (Wildman–Crippen LogP) is 4.50. The number of nitrogens with one attached hydrogen (secondary N) is 1. The molecule has 0 aliphatic carbocycles. The van der Waals surface area contributed by atoms with Gasteiger partial charge in [-0.3, -0.25) is 9.48 Å². The third-order valence-electron chi connectivity index (χ3n) is 3.99. The number of aromatic amines is 1. The zero-order chi connectivity index (χ0) is 17.6. The number of benzene rings is 1. The molecule has 0 radical (unpaired) electrons. The minimum atomic E-state index is -0.182. The van der Waals surface area contributed by atoms with Crippen LogP contribution in [-0.2, 0) is 7.05 Å². The van der Waals surface area contributed by atoms with Crippen molar-refractivity contribution in [1.29, 1.82) is 0 Å². The zero-order valence-corrected chi connectivity index (χ0v) is 14.6. The highest BCUT2D eigenvalue weighted by Gasteiger charge is 2.18. The second-order valence-corrected chi connectivity index (χ2v) is 6.52. The Morgan fingerprint density at radius 3 is 2.68 bits per heavy atom. The van der Waals surface area contributed by atoms with E-state index in [0.29, 0.717) is 26.8 Å². The second-order valence-electron chi connectivity index (χ2n) is 5.68. The number of rotatable bonds is 3. The smallest absolute Gasteiger partial charge is 0.196 e. The van der Waals surface area contributed by atoms with Crippen molar-refractivity contribution >= 4 is 40.0 Å². The molecule has 3 heterocycles. The first kappa shape index (κ1) is 15.9. The largest absolute Gasteiger partial charge is 0.345 e. The van der Waals surface area contributed by atoms with Crippen LogP contribution in [0, 0.1) is 0 Å². The molecule has 0 spiro atoms. The third kappa shape index (κ3) is 2.81. The summed E-state index contributed by atoms with van der Waals surface area (Å²) >= 11 is 12.1. The average Bonchev–Trinajstić information content (AvgIpc) is 3.20. The quantitative estimate of drug-likeness (QED) is 0.540. The molecule has 0 aliphatic heterocycles. The Bertz CT molecular complexity index is 1110. The average molecular weight is 371 g/mol. The topological polar surface area (TPSA) is 63.6 Å². The van der Waals surface area contributed by atoms with Gasteiger partial charge in [0.25, 0.3) is 0 Å². The first-order valence-electron chi connectivity index (χ1n) is 7.49. The summed E-state index contributed by atoms with van der Waals surface area (Å²) in [6, 6.07) is 6.76. The number of fused-ring (bicyclic) bond motifs is 1. The van der Waals surface area contributed by atoms with E-state index in [0.717, 1.165) is 16.5 Å². The molecule has 0 amide bonds. The number of ketones is 1. The summed E-state index contributed by atoms with van der Waals surface area (Å²) in [6.45, 7) is 0. The fourth-order valence-corrected chi connectivity index (χ4v) is 3.23. The Balaban J connectivity index is 1.83. The van der Waals surface area contributed by atoms with E-state index in [-0.39, 0.29) is 5.78 Å². The lowest BCUT2D eigenvalue weighted by molar-refractivity contribution is 0.104. The van der Waals surface area contributed by atoms with Gasteiger partial charge in [-0.25, -0.2) is 4.98 Å². The van der Waals surface area contributed by atoms with Crippen molar-refractivity contribution < 1.29 is 4.79 Å². The number of halogens is 2. The maximum absolute atomic E-state index is 12.9. The molecule has 1 aromatic carbocycles. The number of aromatic nitrogens is 4. The SMILES string of the molecule is Cn1cc(-c2cnc3[nH]cc(C(=O)c4ccc(Cl)cc4Cl)c3c2)cn1. The van der Waals surface area contributed by atoms with Gasteiger partial charge in [0.2, 0.25) is 0 Å². The van der Waals surface area contributed by atoms with Crippen LogP contribution in [0.2, 0.25) is 10.0 Å². The van der Waals surface area contributed by atoms with E-state index in [1.54, 1.807) is 41.5 Å². The summed E-state index contributed by atoms with van der Waals surface area (Å²) in [5.41, 5.74) is 3.37. The van der Waals surface area contributed by atoms with Crippen molar-refractivity contribution in [2.45, 2.75) is 0 Å². The lowest BCUT2D eigenvalue weighted by atomic mass is 10.0. The van der Waals surface area contributed by atoms with Crippen LogP contribution >= 0.6 is 23.2 Å². The molecule has 0 saturated heterocycles. The number of aryl methyl sites for hydroxylation is 1. The van der Waals surface area contributed by atoms with Crippen molar-refractivity contribution in [2.75, 3.05) is 0 Å². The summed E-state index contributed by atoms with van der Waals surface area (Å²) < 4.78 is 1.72. The highest BCUT2D eigenvalue weighted by molar-refractivity contribution is 6.38. The number of carbonyl (C=O) groups is 1. The maximum Gasteiger partial charge on any atom is 0.196 e. The fourth-order valence-electron chi connectivity index (χ4n) is 2.74. The number of carbonyl (C=O) groups excluding carboxylic acids is 1. The van der Waals surface area contributed by atoms with Crippen LogP contribution in [0.25, 0.3) is 22.2 Å². The summed E-state index contributed by atoms with van der Waals surface area (Å²) in [5, 5.41) is 5.71. The van der Waals surface area contributed by atoms with Crippen molar-refractivity contribution in [2.24, 2.45) is 7.05 Å². The van der Waals surface area contributed by atoms with E-state index in [4.69, 9.17) is 23.2 Å². The molecule has 0 fully saturated rings. The Kier molecular flexibility index (Phi) is 3.82. The molecule has 7 heteroatoms. The number of H-pyrrole nitrogens is 1. The molecule has 0 saturated carbocycles. The molecule has 25 heavy (non-hydrogen) atoms. The summed E-state index contributed by atoms with van der Waals surface area (Å²) in [6.07, 6.45) is 7.05. The van der Waals surface area contributed by atoms with E-state index in [9.17, 15) is 4.79 Å². The molecule has 0 aliphatic rings. The Labute approximate surface area is 153 Å². The van der Waals surface area contributed by atoms with Gasteiger partial charge >= 0.3 is 0 Å². The molecule has 4 rings (SSSR count). The van der Waals surface area contributed by atoms with Gasteiger partial charge < -0.3 is 4.98 Å². The minimum absolute atomic E-state index is 0.182. The van der Waals surface area contributed by atoms with Gasteiger partial charge in [0, 0.05) is 58.3 Å². The lowest BCUT2D eigenvalue weighted by Crippen LogP contribution is -2.01. The van der Waals surface area contributed by atoms with E-state index in [2.05, 4.69) is 15.1 Å². The number of nitrogens with zero attached hydrogens (tertiary/aromatic N) is 3. The number of hydrogen-bond acceptors (Lipinski definition) is 3. The first-order chi connectivity index (χ1) is 12.0. The van der Waals surface area contributed by atoms with Crippen molar-refractivity contribution in [3.05, 3.63) is 70.2 Å². The van der Waals surface area contributed by atoms with Crippen molar-refractivity contribution in [3.8, 4) is 11.1 Å². The highest BCUT2D eigenvalue weighted by atomic mass is 35.5. The Hall–Kier alpha value is -2.63. The summed E-state index contributed by atoms with van der Waals surface area (Å²) in [7, 11) is 1.85. The molecular weight excluding hydrogens is 359 g/mol. The van der Waals surface area contributed by atoms with Crippen molar-refractivity contribution in [1.82, 2.24) is 19.7 Å². The van der Waals surface area contributed by atoms with Crippen LogP contribution in [0.1, 0.15) is 15.9 Å². The van der Waals surface area contributed by atoms with Crippen LogP contribution in [0.3, 0.4) is 0 Å². The fraction of sp³-hybridized carbons (Fsp3) is 0.0556. The molecule has 1 N–H and O–H groups in total. The normalized spacial score (nSPS) is 11.2. The van der Waals surface area contributed by atoms with Crippen LogP contribution in [0.5, 0.6) is 0 Å². The Morgan fingerprint density at radius 2 is 1.96 bits per heavy atom. The van der Waals surface area contributed by atoms with E-state index >= 15 is 0 Å². The lowest BCUT2D eigenvalue weighted by Gasteiger charge is -2.04. The van der Waals surface area contributed by atoms with Gasteiger partial charge in [-0.05, 0) is 24.3 Å². The van der Waals surface area contributed by atoms with Crippen LogP contribution in [-0.4, -0.2) is 25.5 Å². The highest BCUT2D eigenvalue weighted by Crippen LogP contribution is 2.28. The van der Waals surface area contributed by atoms with E-state index in [1.165, 1.54) is 0 Å². The summed E-state index contributed by atoms with van der Waals surface area (Å²) in [5.74, 6) is -0.182. The Morgan fingerprint density at radius 1 is 1.12 bits per heavy atom. The first-order valence-corrected chi connectivity index (χ1v) is 8.24. The predicted molar refractivity (Wildman–Crippen MR) is 98.2 cm³/mol. The zero-order valence-electron chi connectivity index (χ0n) is 13.1. The second kappa shape index (κ2) is 6.02. The molecule has 3 aromatic heterocycles. The maximum atomic E-state index is 12.9. The van der Waals surface area contributed by atoms with Crippen LogP contribution < -0.4 is 0 Å². The molecule has 0 atom stereocenters. The van der Waals surface area contributed by atoms with Gasteiger partial charge in [0.15, 0.2) is 5.78 Å². The van der Waals surface area contributed by atoms with Gasteiger partial charge in [0.1, 0.15) is 5.65 Å². The molecule has 5 nitrogen and oxygen atoms in total. The van der Waals surface area contributed by atoms with Crippen LogP contribution in [0.15, 0.2) is 49.1 Å². The van der Waals surface area contributed by atoms with Crippen LogP contribution in [0.4, 0.5) is 0 Å².